The monoisotopic (exact) mass is 273 g/mol. The molecule has 5 heteroatoms. The standard InChI is InChI=1S/C15H19N3O2/c1-10(2)7-13(15(20)17-3)18-14(19)12-6-4-5-11(8-12)9-16/h4-6,8,10,13H,7H2,1-3H3,(H,17,20)(H,18,19)/t13-/m1/s1. The summed E-state index contributed by atoms with van der Waals surface area (Å²) in [6, 6.07) is 7.80. The molecule has 0 fully saturated rings. The second-order valence-electron chi connectivity index (χ2n) is 4.96. The number of hydrogen-bond donors (Lipinski definition) is 2. The Morgan fingerprint density at radius 2 is 2.05 bits per heavy atom. The first kappa shape index (κ1) is 15.7. The van der Waals surface area contributed by atoms with Crippen molar-refractivity contribution in [3.63, 3.8) is 0 Å². The van der Waals surface area contributed by atoms with Gasteiger partial charge >= 0.3 is 0 Å². The maximum Gasteiger partial charge on any atom is 0.251 e. The zero-order chi connectivity index (χ0) is 15.1. The highest BCUT2D eigenvalue weighted by Crippen LogP contribution is 2.08. The highest BCUT2D eigenvalue weighted by Gasteiger charge is 2.21. The Morgan fingerprint density at radius 1 is 1.35 bits per heavy atom. The fourth-order valence-corrected chi connectivity index (χ4v) is 1.85. The predicted octanol–water partition coefficient (Wildman–Crippen LogP) is 1.45. The van der Waals surface area contributed by atoms with Gasteiger partial charge in [0, 0.05) is 12.6 Å². The third-order valence-electron chi connectivity index (χ3n) is 2.83. The van der Waals surface area contributed by atoms with E-state index in [4.69, 9.17) is 5.26 Å². The zero-order valence-corrected chi connectivity index (χ0v) is 11.9. The summed E-state index contributed by atoms with van der Waals surface area (Å²) < 4.78 is 0. The van der Waals surface area contributed by atoms with Gasteiger partial charge in [0.25, 0.3) is 5.91 Å². The van der Waals surface area contributed by atoms with Crippen LogP contribution in [0, 0.1) is 17.2 Å². The first-order chi connectivity index (χ1) is 9.47. The highest BCUT2D eigenvalue weighted by molar-refractivity contribution is 5.97. The molecule has 0 aromatic heterocycles. The summed E-state index contributed by atoms with van der Waals surface area (Å²) in [6.07, 6.45) is 0.559. The lowest BCUT2D eigenvalue weighted by atomic mass is 10.0. The van der Waals surface area contributed by atoms with Crippen molar-refractivity contribution >= 4 is 11.8 Å². The molecule has 2 amide bonds. The number of carbonyl (C=O) groups is 2. The van der Waals surface area contributed by atoms with Crippen molar-refractivity contribution in [1.82, 2.24) is 10.6 Å². The Bertz CT molecular complexity index is 532. The Labute approximate surface area is 119 Å². The molecule has 1 rings (SSSR count). The van der Waals surface area contributed by atoms with Crippen molar-refractivity contribution in [1.29, 1.82) is 5.26 Å². The van der Waals surface area contributed by atoms with E-state index >= 15 is 0 Å². The van der Waals surface area contributed by atoms with Crippen LogP contribution < -0.4 is 10.6 Å². The molecule has 0 bridgehead atoms. The Balaban J connectivity index is 2.84. The van der Waals surface area contributed by atoms with Crippen molar-refractivity contribution in [3.05, 3.63) is 35.4 Å². The molecule has 2 N–H and O–H groups in total. The van der Waals surface area contributed by atoms with E-state index in [1.54, 1.807) is 18.2 Å². The van der Waals surface area contributed by atoms with Crippen LogP contribution in [0.2, 0.25) is 0 Å². The minimum Gasteiger partial charge on any atom is -0.357 e. The third-order valence-corrected chi connectivity index (χ3v) is 2.83. The summed E-state index contributed by atoms with van der Waals surface area (Å²) in [6.45, 7) is 3.97. The number of rotatable bonds is 5. The molecule has 0 spiro atoms. The van der Waals surface area contributed by atoms with Crippen molar-refractivity contribution in [3.8, 4) is 6.07 Å². The van der Waals surface area contributed by atoms with E-state index in [0.717, 1.165) is 0 Å². The Hall–Kier alpha value is -2.35. The fourth-order valence-electron chi connectivity index (χ4n) is 1.85. The van der Waals surface area contributed by atoms with Crippen molar-refractivity contribution < 1.29 is 9.59 Å². The lowest BCUT2D eigenvalue weighted by Crippen LogP contribution is -2.46. The summed E-state index contributed by atoms with van der Waals surface area (Å²) in [5, 5.41) is 14.1. The smallest absolute Gasteiger partial charge is 0.251 e. The number of likely N-dealkylation sites (N-methyl/N-ethyl adjacent to an activating group) is 1. The minimum atomic E-state index is -0.571. The largest absolute Gasteiger partial charge is 0.357 e. The molecule has 1 aromatic carbocycles. The second-order valence-corrected chi connectivity index (χ2v) is 4.96. The van der Waals surface area contributed by atoms with E-state index < -0.39 is 6.04 Å². The van der Waals surface area contributed by atoms with E-state index in [1.165, 1.54) is 13.1 Å². The van der Waals surface area contributed by atoms with Crippen LogP contribution in [0.5, 0.6) is 0 Å². The van der Waals surface area contributed by atoms with Crippen LogP contribution >= 0.6 is 0 Å². The van der Waals surface area contributed by atoms with Crippen LogP contribution in [0.3, 0.4) is 0 Å². The van der Waals surface area contributed by atoms with E-state index in [-0.39, 0.29) is 17.7 Å². The summed E-state index contributed by atoms with van der Waals surface area (Å²) >= 11 is 0. The van der Waals surface area contributed by atoms with Gasteiger partial charge in [0.2, 0.25) is 5.91 Å². The van der Waals surface area contributed by atoms with E-state index in [0.29, 0.717) is 17.5 Å². The van der Waals surface area contributed by atoms with Crippen molar-refractivity contribution in [2.24, 2.45) is 5.92 Å². The molecule has 0 saturated carbocycles. The number of benzene rings is 1. The van der Waals surface area contributed by atoms with Gasteiger partial charge in [0.05, 0.1) is 11.6 Å². The molecule has 0 unspecified atom stereocenters. The molecular formula is C15H19N3O2. The van der Waals surface area contributed by atoms with Crippen LogP contribution in [0.1, 0.15) is 36.2 Å². The first-order valence-electron chi connectivity index (χ1n) is 6.50. The van der Waals surface area contributed by atoms with Gasteiger partial charge in [-0.25, -0.2) is 0 Å². The second kappa shape index (κ2) is 7.29. The number of amides is 2. The third kappa shape index (κ3) is 4.39. The normalized spacial score (nSPS) is 11.6. The van der Waals surface area contributed by atoms with Gasteiger partial charge in [-0.1, -0.05) is 19.9 Å². The van der Waals surface area contributed by atoms with Crippen LogP contribution in [0.25, 0.3) is 0 Å². The molecule has 0 aliphatic carbocycles. The van der Waals surface area contributed by atoms with E-state index in [1.807, 2.05) is 19.9 Å². The zero-order valence-electron chi connectivity index (χ0n) is 11.9. The summed E-state index contributed by atoms with van der Waals surface area (Å²) in [5.41, 5.74) is 0.791. The van der Waals surface area contributed by atoms with Crippen LogP contribution in [0.15, 0.2) is 24.3 Å². The van der Waals surface area contributed by atoms with Gasteiger partial charge in [-0.3, -0.25) is 9.59 Å². The molecule has 0 aliphatic heterocycles. The van der Waals surface area contributed by atoms with Crippen LogP contribution in [-0.4, -0.2) is 24.9 Å². The molecular weight excluding hydrogens is 254 g/mol. The van der Waals surface area contributed by atoms with Gasteiger partial charge in [-0.05, 0) is 30.5 Å². The molecule has 5 nitrogen and oxygen atoms in total. The Morgan fingerprint density at radius 3 is 2.60 bits per heavy atom. The van der Waals surface area contributed by atoms with Crippen molar-refractivity contribution in [2.45, 2.75) is 26.3 Å². The summed E-state index contributed by atoms with van der Waals surface area (Å²) in [5.74, 6) is -0.289. The molecule has 0 radical (unpaired) electrons. The maximum atomic E-state index is 12.1. The average molecular weight is 273 g/mol. The van der Waals surface area contributed by atoms with Gasteiger partial charge in [0.1, 0.15) is 6.04 Å². The summed E-state index contributed by atoms with van der Waals surface area (Å²) in [7, 11) is 1.54. The lowest BCUT2D eigenvalue weighted by Gasteiger charge is -2.19. The molecule has 0 aliphatic rings. The lowest BCUT2D eigenvalue weighted by molar-refractivity contribution is -0.122. The van der Waals surface area contributed by atoms with Gasteiger partial charge in [-0.15, -0.1) is 0 Å². The maximum absolute atomic E-state index is 12.1. The topological polar surface area (TPSA) is 82.0 Å². The predicted molar refractivity (Wildman–Crippen MR) is 75.9 cm³/mol. The molecule has 20 heavy (non-hydrogen) atoms. The molecule has 0 heterocycles. The minimum absolute atomic E-state index is 0.219. The SMILES string of the molecule is CNC(=O)[C@@H](CC(C)C)NC(=O)c1cccc(C#N)c1. The first-order valence-corrected chi connectivity index (χ1v) is 6.50. The molecule has 1 aromatic rings. The molecule has 106 valence electrons. The van der Waals surface area contributed by atoms with Gasteiger partial charge < -0.3 is 10.6 Å². The number of carbonyl (C=O) groups excluding carboxylic acids is 2. The fraction of sp³-hybridized carbons (Fsp3) is 0.400. The number of nitriles is 1. The van der Waals surface area contributed by atoms with Crippen molar-refractivity contribution in [2.75, 3.05) is 7.05 Å². The number of hydrogen-bond acceptors (Lipinski definition) is 3. The Kier molecular flexibility index (Phi) is 5.73. The molecule has 1 atom stereocenters. The van der Waals surface area contributed by atoms with Gasteiger partial charge in [-0.2, -0.15) is 5.26 Å². The van der Waals surface area contributed by atoms with Crippen LogP contribution in [-0.2, 0) is 4.79 Å². The quantitative estimate of drug-likeness (QED) is 0.851. The number of nitrogens with zero attached hydrogens (tertiary/aromatic N) is 1. The summed E-state index contributed by atoms with van der Waals surface area (Å²) in [4.78, 5) is 23.9. The van der Waals surface area contributed by atoms with Gasteiger partial charge in [0.15, 0.2) is 0 Å². The highest BCUT2D eigenvalue weighted by atomic mass is 16.2. The molecule has 0 saturated heterocycles. The van der Waals surface area contributed by atoms with E-state index in [2.05, 4.69) is 10.6 Å². The van der Waals surface area contributed by atoms with E-state index in [9.17, 15) is 9.59 Å². The average Bonchev–Trinajstić information content (AvgIpc) is 2.45. The number of nitrogens with one attached hydrogen (secondary N) is 2. The van der Waals surface area contributed by atoms with Crippen LogP contribution in [0.4, 0.5) is 0 Å².